The number of aromatic hydroxyl groups is 1. The van der Waals surface area contributed by atoms with Gasteiger partial charge in [0.1, 0.15) is 17.3 Å². The highest BCUT2D eigenvalue weighted by molar-refractivity contribution is 6.30. The second kappa shape index (κ2) is 9.41. The third-order valence-electron chi connectivity index (χ3n) is 7.20. The number of methoxy groups -OCH3 is 1. The molecule has 188 valence electrons. The molecule has 1 aliphatic heterocycles. The fraction of sp³-hybridized carbons (Fsp3) is 0.172. The van der Waals surface area contributed by atoms with E-state index in [0.717, 1.165) is 5.01 Å². The summed E-state index contributed by atoms with van der Waals surface area (Å²) in [5.74, 6) is -2.72. The van der Waals surface area contributed by atoms with E-state index >= 15 is 0 Å². The van der Waals surface area contributed by atoms with Crippen molar-refractivity contribution in [3.63, 3.8) is 0 Å². The molecular weight excluding hydrogens is 495 g/mol. The second-order valence-corrected chi connectivity index (χ2v) is 9.43. The average molecular weight is 519 g/mol. The van der Waals surface area contributed by atoms with Gasteiger partial charge in [-0.2, -0.15) is 5.01 Å². The van der Waals surface area contributed by atoms with Crippen molar-refractivity contribution in [1.29, 1.82) is 0 Å². The van der Waals surface area contributed by atoms with Gasteiger partial charge in [-0.05, 0) is 66.1 Å². The molecule has 3 atom stereocenters. The number of imide groups is 1. The third kappa shape index (κ3) is 3.78. The highest BCUT2D eigenvalue weighted by Crippen LogP contribution is 2.60. The number of ether oxygens (including phenoxy) is 1. The summed E-state index contributed by atoms with van der Waals surface area (Å²) in [5.41, 5.74) is 3.41. The predicted octanol–water partition coefficient (Wildman–Crippen LogP) is 5.74. The van der Waals surface area contributed by atoms with Crippen LogP contribution in [0.1, 0.15) is 23.5 Å². The molecule has 2 amide bonds. The minimum atomic E-state index is -1.46. The first-order valence-electron chi connectivity index (χ1n) is 11.7. The van der Waals surface area contributed by atoms with Crippen molar-refractivity contribution in [2.24, 2.45) is 5.92 Å². The van der Waals surface area contributed by atoms with Crippen molar-refractivity contribution >= 4 is 29.1 Å². The molecule has 37 heavy (non-hydrogen) atoms. The zero-order chi connectivity index (χ0) is 26.3. The molecule has 2 N–H and O–H groups in total. The number of allylic oxidation sites excluding steroid dienone is 3. The van der Waals surface area contributed by atoms with E-state index in [-0.39, 0.29) is 12.2 Å². The van der Waals surface area contributed by atoms with Gasteiger partial charge >= 0.3 is 0 Å². The lowest BCUT2D eigenvalue weighted by molar-refractivity contribution is -0.138. The lowest BCUT2D eigenvalue weighted by Crippen LogP contribution is -2.48. The molecule has 0 saturated carbocycles. The molecule has 5 rings (SSSR count). The van der Waals surface area contributed by atoms with E-state index in [1.807, 2.05) is 6.08 Å². The van der Waals surface area contributed by atoms with E-state index < -0.39 is 34.9 Å². The summed E-state index contributed by atoms with van der Waals surface area (Å²) in [7, 11) is 1.48. The van der Waals surface area contributed by atoms with Gasteiger partial charge in [-0.25, -0.2) is 4.39 Å². The SMILES string of the molecule is C=CC1=CC[C@H]2C(=O)N(Nc3ccc(F)cc3)C(=O)[C@@]2(c2ccc(Cl)cc2)[C@H]1c1c(O)cccc1OC. The first-order chi connectivity index (χ1) is 17.8. The number of benzene rings is 3. The lowest BCUT2D eigenvalue weighted by atomic mass is 9.55. The topological polar surface area (TPSA) is 78.9 Å². The average Bonchev–Trinajstić information content (AvgIpc) is 3.12. The predicted molar refractivity (Wildman–Crippen MR) is 139 cm³/mol. The first-order valence-corrected chi connectivity index (χ1v) is 12.1. The summed E-state index contributed by atoms with van der Waals surface area (Å²) in [6.07, 6.45) is 3.77. The van der Waals surface area contributed by atoms with Gasteiger partial charge in [0.05, 0.1) is 24.1 Å². The second-order valence-electron chi connectivity index (χ2n) is 9.00. The molecule has 3 aromatic rings. The van der Waals surface area contributed by atoms with Crippen molar-refractivity contribution in [3.8, 4) is 11.5 Å². The van der Waals surface area contributed by atoms with Crippen molar-refractivity contribution in [1.82, 2.24) is 5.01 Å². The number of nitrogens with one attached hydrogen (secondary N) is 1. The summed E-state index contributed by atoms with van der Waals surface area (Å²) in [5, 5.41) is 12.5. The fourth-order valence-corrected chi connectivity index (χ4v) is 5.73. The quantitative estimate of drug-likeness (QED) is 0.407. The van der Waals surface area contributed by atoms with Crippen molar-refractivity contribution < 1.29 is 23.8 Å². The number of phenolic OH excluding ortho intramolecular Hbond substituents is 1. The molecule has 0 spiro atoms. The number of rotatable bonds is 6. The number of halogens is 2. The Bertz CT molecular complexity index is 1420. The monoisotopic (exact) mass is 518 g/mol. The normalized spacial score (nSPS) is 22.9. The number of hydrogen-bond acceptors (Lipinski definition) is 5. The fourth-order valence-electron chi connectivity index (χ4n) is 5.60. The minimum Gasteiger partial charge on any atom is -0.508 e. The van der Waals surface area contributed by atoms with Crippen LogP contribution >= 0.6 is 11.6 Å². The zero-order valence-electron chi connectivity index (χ0n) is 19.9. The van der Waals surface area contributed by atoms with E-state index in [9.17, 15) is 19.1 Å². The Morgan fingerprint density at radius 2 is 1.84 bits per heavy atom. The van der Waals surface area contributed by atoms with Gasteiger partial charge in [-0.1, -0.05) is 48.5 Å². The standard InChI is InChI=1S/C29H24ClFN2O4/c1-3-17-7-16-22-27(35)33(32-21-14-12-20(31)13-15-21)28(36)29(22,18-8-10-19(30)11-9-18)26(17)25-23(34)5-4-6-24(25)37-2/h3-15,22,26,32,34H,1,16H2,2H3/t22-,26+,29+/m0/s1. The summed E-state index contributed by atoms with van der Waals surface area (Å²) >= 11 is 6.19. The Morgan fingerprint density at radius 3 is 2.49 bits per heavy atom. The highest BCUT2D eigenvalue weighted by atomic mass is 35.5. The summed E-state index contributed by atoms with van der Waals surface area (Å²) in [6.45, 7) is 3.96. The van der Waals surface area contributed by atoms with Crippen molar-refractivity contribution in [2.45, 2.75) is 17.8 Å². The number of anilines is 1. The first kappa shape index (κ1) is 24.6. The Kier molecular flexibility index (Phi) is 6.25. The van der Waals surface area contributed by atoms with Crippen LogP contribution in [0.2, 0.25) is 5.02 Å². The van der Waals surface area contributed by atoms with Crippen LogP contribution in [0, 0.1) is 11.7 Å². The Hall–Kier alpha value is -4.10. The van der Waals surface area contributed by atoms with E-state index in [1.165, 1.54) is 37.4 Å². The maximum atomic E-state index is 14.5. The molecule has 1 heterocycles. The maximum absolute atomic E-state index is 14.5. The van der Waals surface area contributed by atoms with Crippen LogP contribution in [0.15, 0.2) is 91.0 Å². The van der Waals surface area contributed by atoms with Crippen LogP contribution in [0.4, 0.5) is 10.1 Å². The number of hydrazine groups is 1. The zero-order valence-corrected chi connectivity index (χ0v) is 20.7. The number of phenols is 1. The lowest BCUT2D eigenvalue weighted by Gasteiger charge is -2.43. The summed E-state index contributed by atoms with van der Waals surface area (Å²) in [4.78, 5) is 28.4. The van der Waals surface area contributed by atoms with Crippen LogP contribution in [0.25, 0.3) is 0 Å². The molecule has 1 fully saturated rings. The van der Waals surface area contributed by atoms with Crippen LogP contribution in [-0.4, -0.2) is 29.0 Å². The number of nitrogens with zero attached hydrogens (tertiary/aromatic N) is 1. The van der Waals surface area contributed by atoms with Crippen LogP contribution in [0.5, 0.6) is 11.5 Å². The van der Waals surface area contributed by atoms with Crippen molar-refractivity contribution in [2.75, 3.05) is 12.5 Å². The van der Waals surface area contributed by atoms with Gasteiger partial charge in [0, 0.05) is 16.5 Å². The molecule has 8 heteroatoms. The largest absolute Gasteiger partial charge is 0.508 e. The molecule has 6 nitrogen and oxygen atoms in total. The van der Waals surface area contributed by atoms with E-state index in [1.54, 1.807) is 42.5 Å². The molecule has 2 aliphatic rings. The Morgan fingerprint density at radius 1 is 1.14 bits per heavy atom. The maximum Gasteiger partial charge on any atom is 0.260 e. The molecule has 0 unspecified atom stereocenters. The van der Waals surface area contributed by atoms with E-state index in [2.05, 4.69) is 12.0 Å². The number of amides is 2. The number of carbonyl (C=O) groups is 2. The summed E-state index contributed by atoms with van der Waals surface area (Å²) in [6, 6.07) is 17.0. The highest BCUT2D eigenvalue weighted by Gasteiger charge is 2.66. The van der Waals surface area contributed by atoms with Crippen LogP contribution in [-0.2, 0) is 15.0 Å². The summed E-state index contributed by atoms with van der Waals surface area (Å²) < 4.78 is 19.1. The molecule has 1 aliphatic carbocycles. The smallest absolute Gasteiger partial charge is 0.260 e. The molecule has 3 aromatic carbocycles. The number of fused-ring (bicyclic) bond motifs is 1. The minimum absolute atomic E-state index is 0.0729. The van der Waals surface area contributed by atoms with Gasteiger partial charge in [-0.3, -0.25) is 15.0 Å². The van der Waals surface area contributed by atoms with Gasteiger partial charge in [0.2, 0.25) is 0 Å². The van der Waals surface area contributed by atoms with Crippen LogP contribution in [0.3, 0.4) is 0 Å². The van der Waals surface area contributed by atoms with Gasteiger partial charge < -0.3 is 9.84 Å². The van der Waals surface area contributed by atoms with Crippen LogP contribution < -0.4 is 10.2 Å². The van der Waals surface area contributed by atoms with Gasteiger partial charge in [0.25, 0.3) is 11.8 Å². The van der Waals surface area contributed by atoms with Crippen molar-refractivity contribution in [3.05, 3.63) is 113 Å². The van der Waals surface area contributed by atoms with E-state index in [0.29, 0.717) is 33.2 Å². The van der Waals surface area contributed by atoms with Gasteiger partial charge in [0.15, 0.2) is 0 Å². The molecule has 0 bridgehead atoms. The Labute approximate surface area is 218 Å². The molecule has 0 aromatic heterocycles. The molecular formula is C29H24ClFN2O4. The molecule has 1 saturated heterocycles. The Balaban J connectivity index is 1.77. The van der Waals surface area contributed by atoms with Gasteiger partial charge in [-0.15, -0.1) is 0 Å². The number of carbonyl (C=O) groups excluding carboxylic acids is 2. The number of hydrogen-bond donors (Lipinski definition) is 2. The third-order valence-corrected chi connectivity index (χ3v) is 7.45. The molecule has 0 radical (unpaired) electrons. The van der Waals surface area contributed by atoms with E-state index in [4.69, 9.17) is 16.3 Å².